The Labute approximate surface area is 117 Å². The number of nitriles is 1. The van der Waals surface area contributed by atoms with Crippen LogP contribution < -0.4 is 10.6 Å². The minimum atomic E-state index is 0.396. The number of nitrogens with two attached hydrogens (primary N) is 1. The summed E-state index contributed by atoms with van der Waals surface area (Å²) in [6.45, 7) is 8.03. The number of rotatable bonds is 7. The normalized spacial score (nSPS) is 10.5. The van der Waals surface area contributed by atoms with E-state index in [1.165, 1.54) is 12.8 Å². The largest absolute Gasteiger partial charge is 0.368 e. The topological polar surface area (TPSA) is 53.0 Å². The van der Waals surface area contributed by atoms with E-state index in [0.29, 0.717) is 12.6 Å². The zero-order valence-corrected chi connectivity index (χ0v) is 12.3. The molecule has 0 bridgehead atoms. The van der Waals surface area contributed by atoms with Crippen molar-refractivity contribution in [2.45, 2.75) is 52.6 Å². The highest BCUT2D eigenvalue weighted by molar-refractivity contribution is 5.61. The molecule has 104 valence electrons. The van der Waals surface area contributed by atoms with Crippen LogP contribution in [0.1, 0.15) is 51.2 Å². The van der Waals surface area contributed by atoms with Crippen LogP contribution in [0.3, 0.4) is 0 Å². The van der Waals surface area contributed by atoms with E-state index < -0.39 is 0 Å². The van der Waals surface area contributed by atoms with Crippen LogP contribution in [0.2, 0.25) is 0 Å². The second-order valence-electron chi connectivity index (χ2n) is 5.16. The Morgan fingerprint density at radius 2 is 2.05 bits per heavy atom. The van der Waals surface area contributed by atoms with Gasteiger partial charge in [0.2, 0.25) is 0 Å². The van der Waals surface area contributed by atoms with Crippen LogP contribution in [0.5, 0.6) is 0 Å². The molecule has 0 spiro atoms. The number of benzene rings is 1. The molecular weight excluding hydrogens is 234 g/mol. The highest BCUT2D eigenvalue weighted by Gasteiger charge is 2.14. The summed E-state index contributed by atoms with van der Waals surface area (Å²) in [6, 6.07) is 8.66. The van der Waals surface area contributed by atoms with Gasteiger partial charge in [0.15, 0.2) is 0 Å². The Bertz CT molecular complexity index is 432. The molecule has 0 fully saturated rings. The molecule has 19 heavy (non-hydrogen) atoms. The average Bonchev–Trinajstić information content (AvgIpc) is 2.43. The number of nitrogens with zero attached hydrogens (tertiary/aromatic N) is 2. The van der Waals surface area contributed by atoms with Crippen molar-refractivity contribution >= 4 is 5.69 Å². The third-order valence-corrected chi connectivity index (χ3v) is 3.35. The molecule has 1 aromatic rings. The highest BCUT2D eigenvalue weighted by Crippen LogP contribution is 2.24. The Hall–Kier alpha value is -1.53. The predicted molar refractivity (Wildman–Crippen MR) is 81.1 cm³/mol. The van der Waals surface area contributed by atoms with Crippen molar-refractivity contribution in [1.29, 1.82) is 5.26 Å². The van der Waals surface area contributed by atoms with E-state index in [0.717, 1.165) is 29.8 Å². The van der Waals surface area contributed by atoms with E-state index in [-0.39, 0.29) is 0 Å². The highest BCUT2D eigenvalue weighted by atomic mass is 15.1. The first kappa shape index (κ1) is 15.5. The lowest BCUT2D eigenvalue weighted by Crippen LogP contribution is -2.32. The number of unbranched alkanes of at least 4 members (excludes halogenated alkanes) is 2. The summed E-state index contributed by atoms with van der Waals surface area (Å²) in [5.74, 6) is 0. The molecule has 0 heterocycles. The van der Waals surface area contributed by atoms with Crippen LogP contribution in [0.25, 0.3) is 0 Å². The molecule has 1 rings (SSSR count). The zero-order chi connectivity index (χ0) is 14.3. The van der Waals surface area contributed by atoms with Gasteiger partial charge in [-0.05, 0) is 38.0 Å². The van der Waals surface area contributed by atoms with Crippen LogP contribution >= 0.6 is 0 Å². The molecule has 0 aromatic heterocycles. The van der Waals surface area contributed by atoms with Gasteiger partial charge in [0.05, 0.1) is 11.3 Å². The van der Waals surface area contributed by atoms with Crippen molar-refractivity contribution in [2.24, 2.45) is 5.73 Å². The third kappa shape index (κ3) is 4.25. The van der Waals surface area contributed by atoms with Gasteiger partial charge in [-0.25, -0.2) is 0 Å². The quantitative estimate of drug-likeness (QED) is 0.763. The van der Waals surface area contributed by atoms with Gasteiger partial charge >= 0.3 is 0 Å². The molecule has 3 heteroatoms. The zero-order valence-electron chi connectivity index (χ0n) is 12.3. The summed E-state index contributed by atoms with van der Waals surface area (Å²) in [7, 11) is 0. The fourth-order valence-electron chi connectivity index (χ4n) is 2.24. The second kappa shape index (κ2) is 7.81. The lowest BCUT2D eigenvalue weighted by molar-refractivity contribution is 0.625. The van der Waals surface area contributed by atoms with Crippen molar-refractivity contribution in [3.05, 3.63) is 29.3 Å². The molecule has 1 aromatic carbocycles. The Kier molecular flexibility index (Phi) is 6.38. The summed E-state index contributed by atoms with van der Waals surface area (Å²) in [5.41, 5.74) is 8.41. The molecule has 0 aliphatic rings. The molecule has 0 amide bonds. The van der Waals surface area contributed by atoms with Gasteiger partial charge in [-0.15, -0.1) is 0 Å². The number of hydrogen-bond donors (Lipinski definition) is 1. The molecule has 0 radical (unpaired) electrons. The van der Waals surface area contributed by atoms with E-state index in [4.69, 9.17) is 5.73 Å². The van der Waals surface area contributed by atoms with Gasteiger partial charge in [0.1, 0.15) is 6.07 Å². The first-order valence-electron chi connectivity index (χ1n) is 7.13. The van der Waals surface area contributed by atoms with Gasteiger partial charge in [0.25, 0.3) is 0 Å². The molecular formula is C16H25N3. The maximum Gasteiger partial charge on any atom is 0.101 e. The van der Waals surface area contributed by atoms with Crippen molar-refractivity contribution in [2.75, 3.05) is 11.4 Å². The minimum absolute atomic E-state index is 0.396. The molecule has 0 saturated heterocycles. The maximum atomic E-state index is 9.32. The fourth-order valence-corrected chi connectivity index (χ4v) is 2.24. The fraction of sp³-hybridized carbons (Fsp3) is 0.562. The van der Waals surface area contributed by atoms with Gasteiger partial charge < -0.3 is 10.6 Å². The van der Waals surface area contributed by atoms with Crippen LogP contribution in [-0.2, 0) is 6.54 Å². The summed E-state index contributed by atoms with van der Waals surface area (Å²) in [4.78, 5) is 2.31. The van der Waals surface area contributed by atoms with Crippen LogP contribution in [0.15, 0.2) is 18.2 Å². The van der Waals surface area contributed by atoms with E-state index in [1.54, 1.807) is 0 Å². The van der Waals surface area contributed by atoms with Crippen LogP contribution in [0.4, 0.5) is 5.69 Å². The van der Waals surface area contributed by atoms with Gasteiger partial charge in [-0.3, -0.25) is 0 Å². The van der Waals surface area contributed by atoms with E-state index in [9.17, 15) is 5.26 Å². The SMILES string of the molecule is CCCCCN(c1ccc(CN)cc1C#N)C(C)C. The Morgan fingerprint density at radius 3 is 2.58 bits per heavy atom. The van der Waals surface area contributed by atoms with Crippen molar-refractivity contribution in [3.8, 4) is 6.07 Å². The van der Waals surface area contributed by atoms with Crippen LogP contribution in [0, 0.1) is 11.3 Å². The maximum absolute atomic E-state index is 9.32. The van der Waals surface area contributed by atoms with Gasteiger partial charge in [-0.2, -0.15) is 5.26 Å². The average molecular weight is 259 g/mol. The minimum Gasteiger partial charge on any atom is -0.368 e. The van der Waals surface area contributed by atoms with E-state index >= 15 is 0 Å². The molecule has 3 nitrogen and oxygen atoms in total. The Morgan fingerprint density at radius 1 is 1.32 bits per heavy atom. The summed E-state index contributed by atoms with van der Waals surface area (Å²) in [5, 5.41) is 9.32. The lowest BCUT2D eigenvalue weighted by atomic mass is 10.1. The van der Waals surface area contributed by atoms with Gasteiger partial charge in [0, 0.05) is 19.1 Å². The molecule has 2 N–H and O–H groups in total. The first-order valence-corrected chi connectivity index (χ1v) is 7.13. The molecule has 0 saturated carbocycles. The third-order valence-electron chi connectivity index (χ3n) is 3.35. The predicted octanol–water partition coefficient (Wildman–Crippen LogP) is 3.42. The second-order valence-corrected chi connectivity index (χ2v) is 5.16. The Balaban J connectivity index is 2.98. The van der Waals surface area contributed by atoms with E-state index in [1.807, 2.05) is 18.2 Å². The summed E-state index contributed by atoms with van der Waals surface area (Å²) >= 11 is 0. The monoisotopic (exact) mass is 259 g/mol. The van der Waals surface area contributed by atoms with Crippen molar-refractivity contribution < 1.29 is 0 Å². The molecule has 0 aliphatic heterocycles. The number of anilines is 1. The van der Waals surface area contributed by atoms with Gasteiger partial charge in [-0.1, -0.05) is 25.8 Å². The van der Waals surface area contributed by atoms with Crippen molar-refractivity contribution in [3.63, 3.8) is 0 Å². The summed E-state index contributed by atoms with van der Waals surface area (Å²) in [6.07, 6.45) is 3.60. The summed E-state index contributed by atoms with van der Waals surface area (Å²) < 4.78 is 0. The number of hydrogen-bond acceptors (Lipinski definition) is 3. The molecule has 0 aliphatic carbocycles. The van der Waals surface area contributed by atoms with Crippen LogP contribution in [-0.4, -0.2) is 12.6 Å². The first-order chi connectivity index (χ1) is 9.13. The lowest BCUT2D eigenvalue weighted by Gasteiger charge is -2.30. The standard InChI is InChI=1S/C16H25N3/c1-4-5-6-9-19(13(2)3)16-8-7-14(11-17)10-15(16)12-18/h7-8,10,13H,4-6,9,11,17H2,1-3H3. The molecule has 0 unspecified atom stereocenters. The van der Waals surface area contributed by atoms with E-state index in [2.05, 4.69) is 31.7 Å². The van der Waals surface area contributed by atoms with Crippen molar-refractivity contribution in [1.82, 2.24) is 0 Å². The smallest absolute Gasteiger partial charge is 0.101 e. The molecule has 0 atom stereocenters.